The average molecular weight is 350 g/mol. The predicted molar refractivity (Wildman–Crippen MR) is 106 cm³/mol. The zero-order valence-electron chi connectivity index (χ0n) is 15.3. The molecule has 1 unspecified atom stereocenters. The number of aliphatic hydroxyl groups excluding tert-OH is 1. The van der Waals surface area contributed by atoms with Gasteiger partial charge in [0, 0.05) is 38.4 Å². The van der Waals surface area contributed by atoms with Gasteiger partial charge in [-0.15, -0.1) is 0 Å². The number of aliphatic hydroxyl groups is 1. The molecule has 0 bridgehead atoms. The Morgan fingerprint density at radius 3 is 2.46 bits per heavy atom. The zero-order valence-corrected chi connectivity index (χ0v) is 15.3. The highest BCUT2D eigenvalue weighted by atomic mass is 16.3. The molecule has 2 heterocycles. The molecule has 4 rings (SSSR count). The van der Waals surface area contributed by atoms with Crippen LogP contribution in [0.5, 0.6) is 0 Å². The number of hydrogen-bond donors (Lipinski definition) is 1. The van der Waals surface area contributed by atoms with Crippen molar-refractivity contribution in [3.63, 3.8) is 0 Å². The summed E-state index contributed by atoms with van der Waals surface area (Å²) in [5.41, 5.74) is 4.64. The minimum atomic E-state index is -0.390. The van der Waals surface area contributed by atoms with Crippen LogP contribution < -0.4 is 4.90 Å². The Balaban J connectivity index is 1.30. The lowest BCUT2D eigenvalue weighted by molar-refractivity contribution is 0.0959. The fraction of sp³-hybridized carbons (Fsp3) is 0.381. The number of fused-ring (bicyclic) bond motifs is 1. The number of hydrogen-bond acceptors (Lipinski definition) is 4. The van der Waals surface area contributed by atoms with Gasteiger partial charge in [0.1, 0.15) is 0 Å². The van der Waals surface area contributed by atoms with Crippen LogP contribution >= 0.6 is 0 Å². The molecule has 1 N–H and O–H groups in total. The first-order valence-electron chi connectivity index (χ1n) is 9.31. The molecule has 0 amide bonds. The van der Waals surface area contributed by atoms with Crippen molar-refractivity contribution in [2.24, 2.45) is 0 Å². The van der Waals surface area contributed by atoms with E-state index in [0.29, 0.717) is 13.1 Å². The van der Waals surface area contributed by atoms with Crippen molar-refractivity contribution in [3.05, 3.63) is 60.4 Å². The van der Waals surface area contributed by atoms with E-state index in [0.717, 1.165) is 37.2 Å². The second-order valence-corrected chi connectivity index (χ2v) is 7.16. The largest absolute Gasteiger partial charge is 0.390 e. The molecular formula is C21H26N4O. The Hall–Kier alpha value is -2.37. The van der Waals surface area contributed by atoms with Gasteiger partial charge >= 0.3 is 0 Å². The summed E-state index contributed by atoms with van der Waals surface area (Å²) in [6.07, 6.45) is 1.43. The van der Waals surface area contributed by atoms with Crippen molar-refractivity contribution in [1.29, 1.82) is 0 Å². The summed E-state index contributed by atoms with van der Waals surface area (Å²) in [6, 6.07) is 16.8. The Kier molecular flexibility index (Phi) is 4.91. The summed E-state index contributed by atoms with van der Waals surface area (Å²) in [5, 5.41) is 10.5. The Bertz CT molecular complexity index is 850. The first-order chi connectivity index (χ1) is 12.7. The monoisotopic (exact) mass is 350 g/mol. The number of aryl methyl sites for hydroxylation is 1. The van der Waals surface area contributed by atoms with E-state index < -0.39 is 6.10 Å². The van der Waals surface area contributed by atoms with E-state index in [4.69, 9.17) is 0 Å². The summed E-state index contributed by atoms with van der Waals surface area (Å²) in [6.45, 7) is 7.37. The smallest absolute Gasteiger partial charge is 0.0959 e. The number of anilines is 1. The van der Waals surface area contributed by atoms with Crippen LogP contribution in [0.1, 0.15) is 5.56 Å². The molecule has 136 valence electrons. The van der Waals surface area contributed by atoms with E-state index in [1.807, 2.05) is 29.1 Å². The molecule has 5 heteroatoms. The number of benzene rings is 2. The Morgan fingerprint density at radius 1 is 0.962 bits per heavy atom. The molecule has 0 spiro atoms. The fourth-order valence-corrected chi connectivity index (χ4v) is 3.68. The minimum absolute atomic E-state index is 0.390. The van der Waals surface area contributed by atoms with E-state index in [-0.39, 0.29) is 0 Å². The van der Waals surface area contributed by atoms with Crippen LogP contribution in [0.4, 0.5) is 5.69 Å². The first-order valence-corrected chi connectivity index (χ1v) is 9.31. The molecule has 0 saturated carbocycles. The molecule has 1 aromatic heterocycles. The molecule has 1 atom stereocenters. The molecule has 1 aliphatic heterocycles. The van der Waals surface area contributed by atoms with Crippen LogP contribution in [-0.4, -0.2) is 58.4 Å². The van der Waals surface area contributed by atoms with Gasteiger partial charge in [0.05, 0.1) is 30.0 Å². The molecule has 3 aromatic rings. The van der Waals surface area contributed by atoms with Crippen molar-refractivity contribution < 1.29 is 5.11 Å². The van der Waals surface area contributed by atoms with Gasteiger partial charge in [0.2, 0.25) is 0 Å². The number of rotatable bonds is 5. The van der Waals surface area contributed by atoms with Crippen molar-refractivity contribution in [1.82, 2.24) is 14.5 Å². The Labute approximate surface area is 154 Å². The lowest BCUT2D eigenvalue weighted by Gasteiger charge is -2.37. The third kappa shape index (κ3) is 3.74. The van der Waals surface area contributed by atoms with Crippen molar-refractivity contribution >= 4 is 16.7 Å². The van der Waals surface area contributed by atoms with E-state index in [1.165, 1.54) is 11.3 Å². The van der Waals surface area contributed by atoms with Gasteiger partial charge in [-0.05, 0) is 31.2 Å². The highest BCUT2D eigenvalue weighted by molar-refractivity contribution is 5.74. The van der Waals surface area contributed by atoms with Crippen LogP contribution in [-0.2, 0) is 6.54 Å². The summed E-state index contributed by atoms with van der Waals surface area (Å²) in [4.78, 5) is 9.18. The highest BCUT2D eigenvalue weighted by Gasteiger charge is 2.20. The van der Waals surface area contributed by atoms with E-state index in [1.54, 1.807) is 0 Å². The lowest BCUT2D eigenvalue weighted by atomic mass is 10.2. The minimum Gasteiger partial charge on any atom is -0.390 e. The van der Waals surface area contributed by atoms with E-state index >= 15 is 0 Å². The van der Waals surface area contributed by atoms with Crippen LogP contribution in [0.2, 0.25) is 0 Å². The Morgan fingerprint density at radius 2 is 1.69 bits per heavy atom. The maximum atomic E-state index is 10.5. The van der Waals surface area contributed by atoms with Crippen LogP contribution in [0.25, 0.3) is 11.0 Å². The van der Waals surface area contributed by atoms with Gasteiger partial charge in [-0.2, -0.15) is 0 Å². The maximum Gasteiger partial charge on any atom is 0.0959 e. The molecule has 5 nitrogen and oxygen atoms in total. The molecule has 1 fully saturated rings. The van der Waals surface area contributed by atoms with Gasteiger partial charge in [-0.3, -0.25) is 4.90 Å². The number of imidazole rings is 1. The van der Waals surface area contributed by atoms with Crippen molar-refractivity contribution in [2.75, 3.05) is 37.6 Å². The second kappa shape index (κ2) is 7.48. The maximum absolute atomic E-state index is 10.5. The molecule has 1 saturated heterocycles. The van der Waals surface area contributed by atoms with E-state index in [2.05, 4.69) is 52.0 Å². The van der Waals surface area contributed by atoms with Crippen molar-refractivity contribution in [2.45, 2.75) is 19.6 Å². The molecule has 0 aliphatic carbocycles. The molecule has 2 aromatic carbocycles. The van der Waals surface area contributed by atoms with Gasteiger partial charge in [-0.25, -0.2) is 4.98 Å². The quantitative estimate of drug-likeness (QED) is 0.768. The molecule has 26 heavy (non-hydrogen) atoms. The fourth-order valence-electron chi connectivity index (χ4n) is 3.68. The number of para-hydroxylation sites is 2. The summed E-state index contributed by atoms with van der Waals surface area (Å²) in [5.74, 6) is 0. The van der Waals surface area contributed by atoms with Crippen LogP contribution in [0.15, 0.2) is 54.9 Å². The predicted octanol–water partition coefficient (Wildman–Crippen LogP) is 2.53. The topological polar surface area (TPSA) is 44.5 Å². The van der Waals surface area contributed by atoms with Gasteiger partial charge < -0.3 is 14.6 Å². The first kappa shape index (κ1) is 17.1. The van der Waals surface area contributed by atoms with Gasteiger partial charge in [0.25, 0.3) is 0 Å². The number of aromatic nitrogens is 2. The van der Waals surface area contributed by atoms with Crippen LogP contribution in [0, 0.1) is 6.92 Å². The molecule has 1 aliphatic rings. The zero-order chi connectivity index (χ0) is 17.9. The average Bonchev–Trinajstić information content (AvgIpc) is 3.06. The van der Waals surface area contributed by atoms with E-state index in [9.17, 15) is 5.11 Å². The summed E-state index contributed by atoms with van der Waals surface area (Å²) < 4.78 is 2.04. The summed E-state index contributed by atoms with van der Waals surface area (Å²) in [7, 11) is 0. The summed E-state index contributed by atoms with van der Waals surface area (Å²) >= 11 is 0. The third-order valence-corrected chi connectivity index (χ3v) is 5.18. The molecular weight excluding hydrogens is 324 g/mol. The SMILES string of the molecule is Cc1ccc(N2CCN(CC(O)Cn3cnc4ccccc43)CC2)cc1. The molecule has 0 radical (unpaired) electrons. The van der Waals surface area contributed by atoms with Crippen LogP contribution in [0.3, 0.4) is 0 Å². The van der Waals surface area contributed by atoms with Crippen molar-refractivity contribution in [3.8, 4) is 0 Å². The lowest BCUT2D eigenvalue weighted by Crippen LogP contribution is -2.49. The second-order valence-electron chi connectivity index (χ2n) is 7.16. The number of nitrogens with zero attached hydrogens (tertiary/aromatic N) is 4. The van der Waals surface area contributed by atoms with Gasteiger partial charge in [-0.1, -0.05) is 29.8 Å². The third-order valence-electron chi connectivity index (χ3n) is 5.18. The van der Waals surface area contributed by atoms with Gasteiger partial charge in [0.15, 0.2) is 0 Å². The number of β-amino-alcohol motifs (C(OH)–C–C–N with tert-alkyl or cyclic N) is 1. The standard InChI is InChI=1S/C21H26N4O/c1-17-6-8-18(9-7-17)24-12-10-23(11-13-24)14-19(26)15-25-16-22-20-4-2-3-5-21(20)25/h2-9,16,19,26H,10-15H2,1H3. The highest BCUT2D eigenvalue weighted by Crippen LogP contribution is 2.17. The normalized spacial score (nSPS) is 16.9. The number of piperazine rings is 1.